The summed E-state index contributed by atoms with van der Waals surface area (Å²) in [5.74, 6) is 0.542. The van der Waals surface area contributed by atoms with Crippen molar-refractivity contribution in [2.45, 2.75) is 6.54 Å². The van der Waals surface area contributed by atoms with Crippen molar-refractivity contribution in [3.63, 3.8) is 0 Å². The van der Waals surface area contributed by atoms with E-state index in [2.05, 4.69) is 0 Å². The summed E-state index contributed by atoms with van der Waals surface area (Å²) in [7, 11) is 7.21. The Morgan fingerprint density at radius 3 is 2.00 bits per heavy atom. The normalized spacial score (nSPS) is 10.6. The van der Waals surface area contributed by atoms with Crippen molar-refractivity contribution in [1.29, 1.82) is 0 Å². The van der Waals surface area contributed by atoms with E-state index in [1.165, 1.54) is 28.4 Å². The Morgan fingerprint density at radius 1 is 0.833 bits per heavy atom. The number of aromatic nitrogens is 1. The van der Waals surface area contributed by atoms with Crippen molar-refractivity contribution in [2.75, 3.05) is 35.5 Å². The lowest BCUT2D eigenvalue weighted by molar-refractivity contribution is -0.141. The third-order valence-electron chi connectivity index (χ3n) is 4.84. The maximum atomic E-state index is 12.8. The van der Waals surface area contributed by atoms with Gasteiger partial charge in [0.05, 0.1) is 41.1 Å². The average Bonchev–Trinajstić information content (AvgIpc) is 3.10. The Morgan fingerprint density at radius 2 is 1.47 bits per heavy atom. The summed E-state index contributed by atoms with van der Waals surface area (Å²) in [5, 5.41) is 0.696. The molecule has 8 nitrogen and oxygen atoms in total. The number of benzene rings is 2. The SMILES string of the molecule is COC(=O)Cn1c(C(=O)OC)c(-c2ccc(OC)cc2)c2cc(OC)c(OC)cc21. The van der Waals surface area contributed by atoms with Crippen LogP contribution >= 0.6 is 0 Å². The second kappa shape index (κ2) is 8.77. The molecule has 8 heteroatoms. The van der Waals surface area contributed by atoms with Crippen molar-refractivity contribution in [1.82, 2.24) is 4.57 Å². The highest BCUT2D eigenvalue weighted by molar-refractivity contribution is 6.10. The molecule has 0 unspecified atom stereocenters. The number of nitrogens with zero attached hydrogens (tertiary/aromatic N) is 1. The molecule has 1 heterocycles. The summed E-state index contributed by atoms with van der Waals surface area (Å²) in [6.07, 6.45) is 0. The summed E-state index contributed by atoms with van der Waals surface area (Å²) in [4.78, 5) is 24.9. The van der Waals surface area contributed by atoms with Gasteiger partial charge in [0.1, 0.15) is 18.0 Å². The van der Waals surface area contributed by atoms with E-state index < -0.39 is 11.9 Å². The summed E-state index contributed by atoms with van der Waals surface area (Å²) in [6, 6.07) is 10.7. The van der Waals surface area contributed by atoms with Gasteiger partial charge in [0.25, 0.3) is 0 Å². The van der Waals surface area contributed by atoms with Gasteiger partial charge in [-0.25, -0.2) is 4.79 Å². The molecule has 0 aliphatic rings. The zero-order valence-corrected chi connectivity index (χ0v) is 17.5. The number of hydrogen-bond donors (Lipinski definition) is 0. The van der Waals surface area contributed by atoms with Crippen molar-refractivity contribution in [2.24, 2.45) is 0 Å². The molecular weight excluding hydrogens is 390 g/mol. The first kappa shape index (κ1) is 21.0. The van der Waals surface area contributed by atoms with Crippen LogP contribution in [0.3, 0.4) is 0 Å². The molecule has 0 radical (unpaired) electrons. The van der Waals surface area contributed by atoms with E-state index in [0.717, 1.165) is 5.56 Å². The van der Waals surface area contributed by atoms with Gasteiger partial charge in [0, 0.05) is 17.0 Å². The summed E-state index contributed by atoms with van der Waals surface area (Å²) >= 11 is 0. The van der Waals surface area contributed by atoms with Crippen molar-refractivity contribution in [3.05, 3.63) is 42.1 Å². The van der Waals surface area contributed by atoms with E-state index in [1.807, 2.05) is 12.1 Å². The monoisotopic (exact) mass is 413 g/mol. The van der Waals surface area contributed by atoms with Crippen LogP contribution in [0, 0.1) is 0 Å². The van der Waals surface area contributed by atoms with E-state index in [9.17, 15) is 9.59 Å². The summed E-state index contributed by atoms with van der Waals surface area (Å²) < 4.78 is 27.5. The minimum absolute atomic E-state index is 0.178. The molecule has 0 fully saturated rings. The van der Waals surface area contributed by atoms with Crippen LogP contribution in [-0.4, -0.2) is 52.1 Å². The Bertz CT molecular complexity index is 1080. The molecular formula is C22H23NO7. The third-order valence-corrected chi connectivity index (χ3v) is 4.84. The third kappa shape index (κ3) is 3.63. The van der Waals surface area contributed by atoms with Crippen LogP contribution < -0.4 is 14.2 Å². The maximum Gasteiger partial charge on any atom is 0.355 e. The fourth-order valence-electron chi connectivity index (χ4n) is 3.39. The summed E-state index contributed by atoms with van der Waals surface area (Å²) in [6.45, 7) is -0.178. The molecule has 0 atom stereocenters. The molecule has 0 N–H and O–H groups in total. The molecule has 3 rings (SSSR count). The highest BCUT2D eigenvalue weighted by Gasteiger charge is 2.27. The number of rotatable bonds is 7. The predicted octanol–water partition coefficient (Wildman–Crippen LogP) is 3.29. The van der Waals surface area contributed by atoms with Gasteiger partial charge in [0.15, 0.2) is 11.5 Å². The Kier molecular flexibility index (Phi) is 6.15. The highest BCUT2D eigenvalue weighted by atomic mass is 16.5. The zero-order valence-electron chi connectivity index (χ0n) is 17.5. The second-order valence-electron chi connectivity index (χ2n) is 6.33. The molecule has 0 aliphatic carbocycles. The largest absolute Gasteiger partial charge is 0.497 e. The Hall–Kier alpha value is -3.68. The van der Waals surface area contributed by atoms with Gasteiger partial charge >= 0.3 is 11.9 Å². The van der Waals surface area contributed by atoms with Gasteiger partial charge in [-0.05, 0) is 23.8 Å². The van der Waals surface area contributed by atoms with Crippen LogP contribution in [-0.2, 0) is 20.8 Å². The Labute approximate surface area is 173 Å². The minimum atomic E-state index is -0.584. The molecule has 158 valence electrons. The van der Waals surface area contributed by atoms with E-state index in [0.29, 0.717) is 33.7 Å². The highest BCUT2D eigenvalue weighted by Crippen LogP contribution is 2.41. The summed E-state index contributed by atoms with van der Waals surface area (Å²) in [5.41, 5.74) is 2.17. The standard InChI is InChI=1S/C22H23NO7/c1-26-14-8-6-13(7-9-14)20-15-10-17(27-2)18(28-3)11-16(15)23(12-19(24)29-4)21(20)22(25)30-5/h6-11H,12H2,1-5H3. The lowest BCUT2D eigenvalue weighted by Gasteiger charge is -2.11. The van der Waals surface area contributed by atoms with Crippen molar-refractivity contribution < 1.29 is 33.3 Å². The molecule has 3 aromatic rings. The number of hydrogen-bond acceptors (Lipinski definition) is 7. The fourth-order valence-corrected chi connectivity index (χ4v) is 3.39. The second-order valence-corrected chi connectivity index (χ2v) is 6.33. The van der Waals surface area contributed by atoms with Gasteiger partial charge in [-0.15, -0.1) is 0 Å². The van der Waals surface area contributed by atoms with Gasteiger partial charge in [0.2, 0.25) is 0 Å². The fraction of sp³-hybridized carbons (Fsp3) is 0.273. The van der Waals surface area contributed by atoms with Gasteiger partial charge in [-0.3, -0.25) is 4.79 Å². The van der Waals surface area contributed by atoms with E-state index in [1.54, 1.807) is 35.9 Å². The van der Waals surface area contributed by atoms with Gasteiger partial charge < -0.3 is 28.3 Å². The molecule has 30 heavy (non-hydrogen) atoms. The first-order chi connectivity index (χ1) is 14.5. The van der Waals surface area contributed by atoms with E-state index in [4.69, 9.17) is 23.7 Å². The molecule has 2 aromatic carbocycles. The lowest BCUT2D eigenvalue weighted by Crippen LogP contribution is -2.17. The Balaban J connectivity index is 2.43. The first-order valence-corrected chi connectivity index (χ1v) is 9.06. The van der Waals surface area contributed by atoms with Crippen LogP contribution in [0.5, 0.6) is 17.2 Å². The molecule has 0 saturated carbocycles. The molecule has 0 bridgehead atoms. The predicted molar refractivity (Wildman–Crippen MR) is 110 cm³/mol. The average molecular weight is 413 g/mol. The minimum Gasteiger partial charge on any atom is -0.497 e. The van der Waals surface area contributed by atoms with Crippen LogP contribution in [0.15, 0.2) is 36.4 Å². The van der Waals surface area contributed by atoms with E-state index in [-0.39, 0.29) is 12.2 Å². The van der Waals surface area contributed by atoms with Crippen molar-refractivity contribution in [3.8, 4) is 28.4 Å². The van der Waals surface area contributed by atoms with Crippen LogP contribution in [0.1, 0.15) is 10.5 Å². The van der Waals surface area contributed by atoms with Crippen molar-refractivity contribution >= 4 is 22.8 Å². The smallest absolute Gasteiger partial charge is 0.355 e. The quantitative estimate of drug-likeness (QED) is 0.550. The number of carbonyl (C=O) groups excluding carboxylic acids is 2. The number of fused-ring (bicyclic) bond motifs is 1. The molecule has 0 spiro atoms. The molecule has 0 saturated heterocycles. The zero-order chi connectivity index (χ0) is 21.8. The molecule has 1 aromatic heterocycles. The van der Waals surface area contributed by atoms with E-state index >= 15 is 0 Å². The maximum absolute atomic E-state index is 12.8. The number of carbonyl (C=O) groups is 2. The lowest BCUT2D eigenvalue weighted by atomic mass is 10.0. The topological polar surface area (TPSA) is 85.2 Å². The van der Waals surface area contributed by atoms with Gasteiger partial charge in [-0.1, -0.05) is 12.1 Å². The van der Waals surface area contributed by atoms with Crippen LogP contribution in [0.2, 0.25) is 0 Å². The van der Waals surface area contributed by atoms with Crippen LogP contribution in [0.25, 0.3) is 22.0 Å². The molecule has 0 amide bonds. The molecule has 0 aliphatic heterocycles. The van der Waals surface area contributed by atoms with Crippen LogP contribution in [0.4, 0.5) is 0 Å². The number of methoxy groups -OCH3 is 5. The first-order valence-electron chi connectivity index (χ1n) is 9.06. The number of ether oxygens (including phenoxy) is 5. The van der Waals surface area contributed by atoms with Gasteiger partial charge in [-0.2, -0.15) is 0 Å². The number of esters is 2.